The largest absolute Gasteiger partial charge is 0.315 e. The molecule has 4 heteroatoms. The summed E-state index contributed by atoms with van der Waals surface area (Å²) in [5.41, 5.74) is 4.54. The van der Waals surface area contributed by atoms with Gasteiger partial charge in [0, 0.05) is 12.1 Å². The number of benzene rings is 1. The molecule has 0 unspecified atom stereocenters. The lowest BCUT2D eigenvalue weighted by Crippen LogP contribution is -2.25. The number of Topliss-reactive ketones (excluding diaryl/α,β-unsaturated/α-hetero) is 1. The number of hydrogen-bond donors (Lipinski definition) is 0. The first-order valence-corrected chi connectivity index (χ1v) is 11.9. The topological polar surface area (TPSA) is 45.0 Å². The summed E-state index contributed by atoms with van der Waals surface area (Å²) in [4.78, 5) is 22.9. The summed E-state index contributed by atoms with van der Waals surface area (Å²) in [6.45, 7) is 13.6. The zero-order chi connectivity index (χ0) is 23.3. The maximum atomic E-state index is 11.9. The van der Waals surface area contributed by atoms with Crippen molar-refractivity contribution in [3.63, 3.8) is 0 Å². The fourth-order valence-electron chi connectivity index (χ4n) is 3.45. The zero-order valence-electron chi connectivity index (χ0n) is 20.3. The number of allylic oxidation sites excluding steroid dienone is 4. The normalized spacial score (nSPS) is 17.8. The molecule has 0 spiro atoms. The summed E-state index contributed by atoms with van der Waals surface area (Å²) in [6.07, 6.45) is 12.2. The Morgan fingerprint density at radius 2 is 1.94 bits per heavy atom. The van der Waals surface area contributed by atoms with E-state index in [0.717, 1.165) is 55.6 Å². The number of hydrogen-bond acceptors (Lipinski definition) is 3. The number of amidine groups is 1. The second-order valence-corrected chi connectivity index (χ2v) is 8.70. The van der Waals surface area contributed by atoms with E-state index >= 15 is 0 Å². The van der Waals surface area contributed by atoms with E-state index in [-0.39, 0.29) is 0 Å². The summed E-state index contributed by atoms with van der Waals surface area (Å²) >= 11 is 0. The van der Waals surface area contributed by atoms with Gasteiger partial charge in [0.1, 0.15) is 5.84 Å². The monoisotopic (exact) mass is 433 g/mol. The van der Waals surface area contributed by atoms with Crippen molar-refractivity contribution in [1.29, 1.82) is 0 Å². The minimum atomic E-state index is 0.326. The van der Waals surface area contributed by atoms with Crippen molar-refractivity contribution >= 4 is 18.0 Å². The Hall–Kier alpha value is -2.75. The summed E-state index contributed by atoms with van der Waals surface area (Å²) in [6, 6.07) is 10.4. The molecular formula is C28H39N3O. The zero-order valence-corrected chi connectivity index (χ0v) is 20.3. The van der Waals surface area contributed by atoms with E-state index in [4.69, 9.17) is 0 Å². The number of carbonyl (C=O) groups is 1. The maximum absolute atomic E-state index is 11.9. The summed E-state index contributed by atoms with van der Waals surface area (Å²) in [5, 5.41) is 0. The average Bonchev–Trinajstić information content (AvgIpc) is 3.18. The van der Waals surface area contributed by atoms with Crippen LogP contribution in [0.2, 0.25) is 0 Å². The summed E-state index contributed by atoms with van der Waals surface area (Å²) in [7, 11) is 0. The molecule has 0 radical (unpaired) electrons. The number of ketones is 1. The van der Waals surface area contributed by atoms with Crippen LogP contribution in [-0.2, 0) is 11.3 Å². The Morgan fingerprint density at radius 3 is 2.50 bits per heavy atom. The molecule has 0 aromatic heterocycles. The van der Waals surface area contributed by atoms with Crippen LogP contribution < -0.4 is 0 Å². The predicted octanol–water partition coefficient (Wildman–Crippen LogP) is 6.90. The molecule has 0 saturated heterocycles. The Kier molecular flexibility index (Phi) is 10.9. The van der Waals surface area contributed by atoms with Crippen molar-refractivity contribution in [2.75, 3.05) is 6.54 Å². The molecule has 1 aromatic rings. The Balaban J connectivity index is 0.000000235. The highest BCUT2D eigenvalue weighted by Crippen LogP contribution is 2.30. The van der Waals surface area contributed by atoms with Crippen LogP contribution >= 0.6 is 0 Å². The first-order valence-electron chi connectivity index (χ1n) is 11.9. The van der Waals surface area contributed by atoms with Crippen molar-refractivity contribution in [1.82, 2.24) is 4.90 Å². The molecule has 0 amide bonds. The van der Waals surface area contributed by atoms with Gasteiger partial charge >= 0.3 is 0 Å². The molecule has 0 N–H and O–H groups in total. The highest BCUT2D eigenvalue weighted by Gasteiger charge is 2.26. The maximum Gasteiger partial charge on any atom is 0.161 e. The second-order valence-electron chi connectivity index (χ2n) is 8.70. The summed E-state index contributed by atoms with van der Waals surface area (Å²) in [5.74, 6) is 1.72. The van der Waals surface area contributed by atoms with Crippen LogP contribution in [-0.4, -0.2) is 29.4 Å². The third-order valence-corrected chi connectivity index (χ3v) is 5.71. The number of nitrogens with zero attached hydrogens (tertiary/aromatic N) is 3. The van der Waals surface area contributed by atoms with E-state index in [9.17, 15) is 4.79 Å². The van der Waals surface area contributed by atoms with Crippen LogP contribution in [0.1, 0.15) is 71.8 Å². The van der Waals surface area contributed by atoms with Crippen molar-refractivity contribution < 1.29 is 4.79 Å². The van der Waals surface area contributed by atoms with E-state index in [2.05, 4.69) is 66.5 Å². The molecule has 4 nitrogen and oxygen atoms in total. The number of carbonyl (C=O) groups excluding carboxylic acids is 1. The standard InChI is InChI=1S/C15H19N3.C13H20O/c1-3-13(2)9-17-15-10-16-12-18(15)11-14-7-5-4-6-8-14;1-4-6-12(9-10(2)3)13(14)11-7-5-8-11/h4-9,12H,3,10-11H2,1-2H3;9,11H,2,4-8H2,1,3H3/b;12-9+. The van der Waals surface area contributed by atoms with Gasteiger partial charge in [0.2, 0.25) is 0 Å². The van der Waals surface area contributed by atoms with Crippen LogP contribution in [0.3, 0.4) is 0 Å². The summed E-state index contributed by atoms with van der Waals surface area (Å²) < 4.78 is 0. The molecular weight excluding hydrogens is 394 g/mol. The minimum Gasteiger partial charge on any atom is -0.315 e. The number of rotatable bonds is 9. The molecule has 1 saturated carbocycles. The molecule has 1 heterocycles. The first kappa shape index (κ1) is 25.5. The van der Waals surface area contributed by atoms with E-state index in [1.54, 1.807) is 0 Å². The van der Waals surface area contributed by atoms with E-state index < -0.39 is 0 Å². The van der Waals surface area contributed by atoms with E-state index in [1.807, 2.05) is 31.6 Å². The van der Waals surface area contributed by atoms with Gasteiger partial charge in [-0.05, 0) is 50.7 Å². The van der Waals surface area contributed by atoms with Crippen molar-refractivity contribution in [3.8, 4) is 0 Å². The molecule has 32 heavy (non-hydrogen) atoms. The van der Waals surface area contributed by atoms with Gasteiger partial charge in [0.15, 0.2) is 5.78 Å². The SMILES string of the molecule is C=C(C)/C=C(\CCC)C(=O)C1CCC1.CCC(C)=CN=C1CN=CN1Cc1ccccc1. The Morgan fingerprint density at radius 1 is 1.22 bits per heavy atom. The molecule has 0 bridgehead atoms. The lowest BCUT2D eigenvalue weighted by Gasteiger charge is -2.25. The quantitative estimate of drug-likeness (QED) is 0.314. The van der Waals surface area contributed by atoms with E-state index in [1.165, 1.54) is 17.6 Å². The highest BCUT2D eigenvalue weighted by molar-refractivity contribution is 5.98. The fourth-order valence-corrected chi connectivity index (χ4v) is 3.45. The third-order valence-electron chi connectivity index (χ3n) is 5.71. The van der Waals surface area contributed by atoms with Gasteiger partial charge in [-0.3, -0.25) is 9.79 Å². The fraction of sp³-hybridized carbons (Fsp3) is 0.464. The molecule has 1 aliphatic carbocycles. The van der Waals surface area contributed by atoms with Gasteiger partial charge in [0.25, 0.3) is 0 Å². The van der Waals surface area contributed by atoms with Crippen LogP contribution in [0.15, 0.2) is 75.9 Å². The van der Waals surface area contributed by atoms with Crippen LogP contribution in [0.25, 0.3) is 0 Å². The van der Waals surface area contributed by atoms with Gasteiger partial charge in [0.05, 0.1) is 19.4 Å². The molecule has 172 valence electrons. The molecule has 2 aliphatic rings. The smallest absolute Gasteiger partial charge is 0.161 e. The van der Waals surface area contributed by atoms with E-state index in [0.29, 0.717) is 18.2 Å². The van der Waals surface area contributed by atoms with Crippen molar-refractivity contribution in [2.24, 2.45) is 15.9 Å². The van der Waals surface area contributed by atoms with Gasteiger partial charge in [-0.1, -0.05) is 80.8 Å². The minimum absolute atomic E-state index is 0.326. The lowest BCUT2D eigenvalue weighted by molar-refractivity contribution is -0.121. The van der Waals surface area contributed by atoms with Crippen LogP contribution in [0.5, 0.6) is 0 Å². The van der Waals surface area contributed by atoms with Crippen molar-refractivity contribution in [2.45, 2.75) is 72.8 Å². The molecule has 0 atom stereocenters. The Labute approximate surface area is 194 Å². The predicted molar refractivity (Wildman–Crippen MR) is 137 cm³/mol. The van der Waals surface area contributed by atoms with Gasteiger partial charge in [-0.15, -0.1) is 0 Å². The molecule has 1 aliphatic heterocycles. The van der Waals surface area contributed by atoms with Gasteiger partial charge in [-0.2, -0.15) is 0 Å². The second kappa shape index (κ2) is 13.6. The molecule has 1 fully saturated rings. The molecule has 1 aromatic carbocycles. The third kappa shape index (κ3) is 8.41. The molecule has 3 rings (SSSR count). The lowest BCUT2D eigenvalue weighted by atomic mass is 9.79. The highest BCUT2D eigenvalue weighted by atomic mass is 16.1. The average molecular weight is 434 g/mol. The van der Waals surface area contributed by atoms with Crippen LogP contribution in [0.4, 0.5) is 0 Å². The van der Waals surface area contributed by atoms with Gasteiger partial charge in [-0.25, -0.2) is 4.99 Å². The van der Waals surface area contributed by atoms with Crippen LogP contribution in [0, 0.1) is 5.92 Å². The van der Waals surface area contributed by atoms with Crippen molar-refractivity contribution in [3.05, 3.63) is 71.5 Å². The van der Waals surface area contributed by atoms with Gasteiger partial charge < -0.3 is 4.90 Å². The number of aliphatic imine (C=N–C) groups is 2. The Bertz CT molecular complexity index is 873. The first-order chi connectivity index (χ1) is 15.4.